The molecule has 0 aliphatic carbocycles. The second kappa shape index (κ2) is 3.71. The Morgan fingerprint density at radius 1 is 1.27 bits per heavy atom. The lowest BCUT2D eigenvalue weighted by molar-refractivity contribution is 1.25. The van der Waals surface area contributed by atoms with Gasteiger partial charge in [0.2, 0.25) is 0 Å². The van der Waals surface area contributed by atoms with Crippen LogP contribution in [-0.2, 0) is 6.42 Å². The Balaban J connectivity index is 3.17. The van der Waals surface area contributed by atoms with Crippen molar-refractivity contribution >= 4 is 0 Å². The van der Waals surface area contributed by atoms with E-state index in [2.05, 4.69) is 6.58 Å². The van der Waals surface area contributed by atoms with Crippen molar-refractivity contribution in [1.29, 1.82) is 0 Å². The molecule has 0 radical (unpaired) electrons. The van der Waals surface area contributed by atoms with Crippen LogP contribution in [0.25, 0.3) is 0 Å². The van der Waals surface area contributed by atoms with Crippen LogP contribution in [0.3, 0.4) is 0 Å². The standard InChI is InChI=1S/C10H10O/c1-2-6-9-7-4-3-5-8-10(9)11/h2-5,7-8H,1,6H2. The van der Waals surface area contributed by atoms with Gasteiger partial charge >= 0.3 is 0 Å². The van der Waals surface area contributed by atoms with Crippen molar-refractivity contribution < 1.29 is 0 Å². The molecule has 0 heterocycles. The number of rotatable bonds is 2. The van der Waals surface area contributed by atoms with Gasteiger partial charge in [-0.3, -0.25) is 4.79 Å². The van der Waals surface area contributed by atoms with Crippen LogP contribution < -0.4 is 5.43 Å². The Hall–Kier alpha value is -1.37. The van der Waals surface area contributed by atoms with Gasteiger partial charge in [-0.25, -0.2) is 0 Å². The zero-order valence-corrected chi connectivity index (χ0v) is 6.29. The zero-order chi connectivity index (χ0) is 8.10. The van der Waals surface area contributed by atoms with Crippen LogP contribution in [0.4, 0.5) is 0 Å². The molecule has 0 spiro atoms. The lowest BCUT2D eigenvalue weighted by Gasteiger charge is -1.85. The first-order chi connectivity index (χ1) is 5.34. The van der Waals surface area contributed by atoms with Gasteiger partial charge in [-0.05, 0) is 12.5 Å². The Morgan fingerprint density at radius 3 is 2.73 bits per heavy atom. The average molecular weight is 146 g/mol. The van der Waals surface area contributed by atoms with E-state index in [4.69, 9.17) is 0 Å². The smallest absolute Gasteiger partial charge is 0.182 e. The quantitative estimate of drug-likeness (QED) is 0.581. The highest BCUT2D eigenvalue weighted by Gasteiger charge is 1.90. The van der Waals surface area contributed by atoms with Gasteiger partial charge in [0, 0.05) is 5.56 Å². The van der Waals surface area contributed by atoms with Gasteiger partial charge in [0.1, 0.15) is 0 Å². The number of hydrogen-bond donors (Lipinski definition) is 0. The van der Waals surface area contributed by atoms with Gasteiger partial charge in [0.15, 0.2) is 5.43 Å². The van der Waals surface area contributed by atoms with Crippen LogP contribution in [0, 0.1) is 0 Å². The van der Waals surface area contributed by atoms with Crippen molar-refractivity contribution in [3.05, 3.63) is 58.8 Å². The average Bonchev–Trinajstić information content (AvgIpc) is 2.18. The molecule has 1 nitrogen and oxygen atoms in total. The zero-order valence-electron chi connectivity index (χ0n) is 6.29. The van der Waals surface area contributed by atoms with Gasteiger partial charge in [0.25, 0.3) is 0 Å². The molecule has 0 unspecified atom stereocenters. The first-order valence-corrected chi connectivity index (χ1v) is 3.53. The highest BCUT2D eigenvalue weighted by Crippen LogP contribution is 1.91. The lowest BCUT2D eigenvalue weighted by atomic mass is 10.2. The predicted molar refractivity (Wildman–Crippen MR) is 46.6 cm³/mol. The van der Waals surface area contributed by atoms with E-state index in [1.54, 1.807) is 18.2 Å². The van der Waals surface area contributed by atoms with Crippen molar-refractivity contribution in [3.8, 4) is 0 Å². The van der Waals surface area contributed by atoms with Crippen molar-refractivity contribution in [2.24, 2.45) is 0 Å². The van der Waals surface area contributed by atoms with E-state index in [1.165, 1.54) is 0 Å². The normalized spacial score (nSPS) is 9.09. The first kappa shape index (κ1) is 7.73. The Labute approximate surface area is 66.0 Å². The maximum atomic E-state index is 11.2. The molecule has 0 fully saturated rings. The number of hydrogen-bond acceptors (Lipinski definition) is 1. The van der Waals surface area contributed by atoms with E-state index >= 15 is 0 Å². The Morgan fingerprint density at radius 2 is 2.00 bits per heavy atom. The molecule has 0 amide bonds. The summed E-state index contributed by atoms with van der Waals surface area (Å²) in [4.78, 5) is 11.2. The van der Waals surface area contributed by atoms with E-state index in [1.807, 2.05) is 18.2 Å². The minimum absolute atomic E-state index is 0.0786. The van der Waals surface area contributed by atoms with E-state index in [0.717, 1.165) is 5.56 Å². The molecule has 0 saturated heterocycles. The summed E-state index contributed by atoms with van der Waals surface area (Å²) in [5.41, 5.74) is 0.875. The maximum Gasteiger partial charge on any atom is 0.182 e. The van der Waals surface area contributed by atoms with Gasteiger partial charge in [0.05, 0.1) is 0 Å². The summed E-state index contributed by atoms with van der Waals surface area (Å²) in [7, 11) is 0. The maximum absolute atomic E-state index is 11.2. The fraction of sp³-hybridized carbons (Fsp3) is 0.100. The van der Waals surface area contributed by atoms with Gasteiger partial charge in [-0.15, -0.1) is 6.58 Å². The topological polar surface area (TPSA) is 17.1 Å². The summed E-state index contributed by atoms with van der Waals surface area (Å²) in [6.07, 6.45) is 2.38. The Kier molecular flexibility index (Phi) is 2.61. The number of allylic oxidation sites excluding steroid dienone is 1. The van der Waals surface area contributed by atoms with Crippen molar-refractivity contribution in [1.82, 2.24) is 0 Å². The molecule has 1 aromatic carbocycles. The Bertz CT molecular complexity index is 302. The molecule has 1 rings (SSSR count). The second-order valence-electron chi connectivity index (χ2n) is 2.29. The lowest BCUT2D eigenvalue weighted by Crippen LogP contribution is -2.01. The molecule has 0 aliphatic heterocycles. The molecular weight excluding hydrogens is 136 g/mol. The predicted octanol–water partition coefficient (Wildman–Crippen LogP) is 1.78. The van der Waals surface area contributed by atoms with E-state index in [-0.39, 0.29) is 5.43 Å². The summed E-state index contributed by atoms with van der Waals surface area (Å²) < 4.78 is 0. The summed E-state index contributed by atoms with van der Waals surface area (Å²) in [6.45, 7) is 3.58. The van der Waals surface area contributed by atoms with Gasteiger partial charge < -0.3 is 0 Å². The largest absolute Gasteiger partial charge is 0.290 e. The molecule has 1 heteroatoms. The molecular formula is C10H10O. The highest BCUT2D eigenvalue weighted by atomic mass is 16.1. The van der Waals surface area contributed by atoms with E-state index in [0.29, 0.717) is 6.42 Å². The second-order valence-corrected chi connectivity index (χ2v) is 2.29. The third-order valence-electron chi connectivity index (χ3n) is 1.45. The molecule has 56 valence electrons. The third kappa shape index (κ3) is 2.04. The van der Waals surface area contributed by atoms with Crippen molar-refractivity contribution in [2.45, 2.75) is 6.42 Å². The minimum Gasteiger partial charge on any atom is -0.290 e. The molecule has 0 aromatic heterocycles. The monoisotopic (exact) mass is 146 g/mol. The fourth-order valence-electron chi connectivity index (χ4n) is 0.892. The van der Waals surface area contributed by atoms with Gasteiger partial charge in [-0.2, -0.15) is 0 Å². The van der Waals surface area contributed by atoms with Crippen molar-refractivity contribution in [2.75, 3.05) is 0 Å². The molecule has 0 aliphatic rings. The third-order valence-corrected chi connectivity index (χ3v) is 1.45. The molecule has 0 atom stereocenters. The van der Waals surface area contributed by atoms with Gasteiger partial charge in [-0.1, -0.05) is 30.3 Å². The van der Waals surface area contributed by atoms with Crippen LogP contribution >= 0.6 is 0 Å². The van der Waals surface area contributed by atoms with E-state index < -0.39 is 0 Å². The highest BCUT2D eigenvalue weighted by molar-refractivity contribution is 5.16. The van der Waals surface area contributed by atoms with Crippen LogP contribution in [0.1, 0.15) is 5.56 Å². The SMILES string of the molecule is C=CCc1cccccc1=O. The summed E-state index contributed by atoms with van der Waals surface area (Å²) in [5.74, 6) is 0. The summed E-state index contributed by atoms with van der Waals surface area (Å²) in [6, 6.07) is 8.84. The first-order valence-electron chi connectivity index (χ1n) is 3.53. The minimum atomic E-state index is 0.0786. The summed E-state index contributed by atoms with van der Waals surface area (Å²) in [5, 5.41) is 0. The van der Waals surface area contributed by atoms with Crippen LogP contribution in [0.5, 0.6) is 0 Å². The van der Waals surface area contributed by atoms with E-state index in [9.17, 15) is 4.79 Å². The molecule has 11 heavy (non-hydrogen) atoms. The van der Waals surface area contributed by atoms with Crippen LogP contribution in [0.15, 0.2) is 47.8 Å². The van der Waals surface area contributed by atoms with Crippen LogP contribution in [0.2, 0.25) is 0 Å². The molecule has 0 saturated carbocycles. The molecule has 1 aromatic rings. The van der Waals surface area contributed by atoms with Crippen molar-refractivity contribution in [3.63, 3.8) is 0 Å². The molecule has 0 bridgehead atoms. The molecule has 0 N–H and O–H groups in total. The van der Waals surface area contributed by atoms with Crippen LogP contribution in [-0.4, -0.2) is 0 Å². The summed E-state index contributed by atoms with van der Waals surface area (Å²) >= 11 is 0. The fourth-order valence-corrected chi connectivity index (χ4v) is 0.892.